The fourth-order valence-electron chi connectivity index (χ4n) is 2.81. The lowest BCUT2D eigenvalue weighted by atomic mass is 9.87. The predicted molar refractivity (Wildman–Crippen MR) is 81.3 cm³/mol. The molecule has 0 radical (unpaired) electrons. The van der Waals surface area contributed by atoms with Gasteiger partial charge in [-0.3, -0.25) is 4.98 Å². The van der Waals surface area contributed by atoms with E-state index >= 15 is 0 Å². The molecule has 0 amide bonds. The zero-order valence-corrected chi connectivity index (χ0v) is 12.0. The van der Waals surface area contributed by atoms with E-state index < -0.39 is 0 Å². The largest absolute Gasteiger partial charge is 0.497 e. The summed E-state index contributed by atoms with van der Waals surface area (Å²) in [4.78, 5) is 4.35. The maximum absolute atomic E-state index is 5.35. The monoisotopic (exact) mass is 268 g/mol. The van der Waals surface area contributed by atoms with Crippen molar-refractivity contribution in [3.8, 4) is 5.75 Å². The summed E-state index contributed by atoms with van der Waals surface area (Å²) in [5.74, 6) is 0.930. The topological polar surface area (TPSA) is 34.1 Å². The number of ether oxygens (including phenoxy) is 1. The zero-order valence-electron chi connectivity index (χ0n) is 12.0. The molecule has 20 heavy (non-hydrogen) atoms. The fourth-order valence-corrected chi connectivity index (χ4v) is 2.81. The summed E-state index contributed by atoms with van der Waals surface area (Å²) in [5, 5.41) is 3.60. The van der Waals surface area contributed by atoms with E-state index in [1.165, 1.54) is 17.5 Å². The molecule has 0 bridgehead atoms. The van der Waals surface area contributed by atoms with Gasteiger partial charge in [0.05, 0.1) is 25.0 Å². The van der Waals surface area contributed by atoms with Gasteiger partial charge < -0.3 is 10.1 Å². The second-order valence-electron chi connectivity index (χ2n) is 5.34. The van der Waals surface area contributed by atoms with Crippen molar-refractivity contribution in [1.82, 2.24) is 4.98 Å². The minimum atomic E-state index is 0.346. The molecule has 1 heterocycles. The highest BCUT2D eigenvalue weighted by atomic mass is 16.5. The summed E-state index contributed by atoms with van der Waals surface area (Å²) in [5.41, 5.74) is 4.91. The van der Waals surface area contributed by atoms with Crippen LogP contribution in [0.4, 0.5) is 5.69 Å². The van der Waals surface area contributed by atoms with Gasteiger partial charge in [-0.1, -0.05) is 6.07 Å². The Balaban J connectivity index is 1.87. The lowest BCUT2D eigenvalue weighted by molar-refractivity contribution is 0.413. The number of aryl methyl sites for hydroxylation is 2. The average molecular weight is 268 g/mol. The summed E-state index contributed by atoms with van der Waals surface area (Å²) < 4.78 is 5.35. The SMILES string of the molecule is COc1ccc2c(c1)C(Nc1ccc(C)nc1)CCC2. The van der Waals surface area contributed by atoms with E-state index in [9.17, 15) is 0 Å². The Bertz CT molecular complexity index is 592. The molecule has 1 aromatic heterocycles. The molecule has 3 nitrogen and oxygen atoms in total. The smallest absolute Gasteiger partial charge is 0.119 e. The first-order valence-corrected chi connectivity index (χ1v) is 7.12. The standard InChI is InChI=1S/C17H20N2O/c1-12-6-8-14(11-18-12)19-17-5-3-4-13-7-9-15(20-2)10-16(13)17/h6-11,17,19H,3-5H2,1-2H3. The van der Waals surface area contributed by atoms with Crippen molar-refractivity contribution >= 4 is 5.69 Å². The third kappa shape index (κ3) is 2.62. The first kappa shape index (κ1) is 13.0. The number of nitrogens with one attached hydrogen (secondary N) is 1. The van der Waals surface area contributed by atoms with Crippen molar-refractivity contribution in [3.05, 3.63) is 53.3 Å². The second-order valence-corrected chi connectivity index (χ2v) is 5.34. The molecule has 0 spiro atoms. The van der Waals surface area contributed by atoms with Crippen LogP contribution in [0.1, 0.15) is 35.7 Å². The van der Waals surface area contributed by atoms with Gasteiger partial charge in [0, 0.05) is 5.69 Å². The first-order valence-electron chi connectivity index (χ1n) is 7.12. The summed E-state index contributed by atoms with van der Waals surface area (Å²) >= 11 is 0. The van der Waals surface area contributed by atoms with Gasteiger partial charge in [0.2, 0.25) is 0 Å². The molecule has 1 N–H and O–H groups in total. The molecule has 3 heteroatoms. The molecule has 0 aliphatic heterocycles. The van der Waals surface area contributed by atoms with Crippen molar-refractivity contribution in [2.45, 2.75) is 32.2 Å². The van der Waals surface area contributed by atoms with Crippen LogP contribution in [0.5, 0.6) is 5.75 Å². The highest BCUT2D eigenvalue weighted by molar-refractivity contribution is 5.47. The van der Waals surface area contributed by atoms with Gasteiger partial charge in [-0.05, 0) is 61.6 Å². The molecule has 0 saturated heterocycles. The number of nitrogens with zero attached hydrogens (tertiary/aromatic N) is 1. The van der Waals surface area contributed by atoms with E-state index in [1.54, 1.807) is 7.11 Å². The van der Waals surface area contributed by atoms with Crippen LogP contribution in [0.3, 0.4) is 0 Å². The normalized spacial score (nSPS) is 17.4. The molecule has 0 fully saturated rings. The molecular weight excluding hydrogens is 248 g/mol. The number of pyridine rings is 1. The van der Waals surface area contributed by atoms with E-state index in [1.807, 2.05) is 19.2 Å². The van der Waals surface area contributed by atoms with Crippen molar-refractivity contribution in [2.75, 3.05) is 12.4 Å². The lowest BCUT2D eigenvalue weighted by Crippen LogP contribution is -2.17. The predicted octanol–water partition coefficient (Wildman–Crippen LogP) is 3.89. The van der Waals surface area contributed by atoms with Crippen LogP contribution in [-0.4, -0.2) is 12.1 Å². The minimum Gasteiger partial charge on any atom is -0.497 e. The molecule has 2 aromatic rings. The van der Waals surface area contributed by atoms with Crippen LogP contribution >= 0.6 is 0 Å². The van der Waals surface area contributed by atoms with Gasteiger partial charge in [0.1, 0.15) is 5.75 Å². The summed E-state index contributed by atoms with van der Waals surface area (Å²) in [7, 11) is 1.72. The summed E-state index contributed by atoms with van der Waals surface area (Å²) in [6.07, 6.45) is 5.43. The van der Waals surface area contributed by atoms with Crippen molar-refractivity contribution in [1.29, 1.82) is 0 Å². The Labute approximate surface area is 120 Å². The Kier molecular flexibility index (Phi) is 3.59. The molecule has 1 aliphatic rings. The molecule has 1 atom stereocenters. The molecular formula is C17H20N2O. The quantitative estimate of drug-likeness (QED) is 0.917. The van der Waals surface area contributed by atoms with Gasteiger partial charge in [0.25, 0.3) is 0 Å². The lowest BCUT2D eigenvalue weighted by Gasteiger charge is -2.27. The second kappa shape index (κ2) is 5.53. The highest BCUT2D eigenvalue weighted by Crippen LogP contribution is 2.34. The fraction of sp³-hybridized carbons (Fsp3) is 0.353. The Morgan fingerprint density at radius 2 is 2.15 bits per heavy atom. The van der Waals surface area contributed by atoms with Crippen molar-refractivity contribution < 1.29 is 4.74 Å². The third-order valence-electron chi connectivity index (χ3n) is 3.92. The van der Waals surface area contributed by atoms with Crippen LogP contribution in [-0.2, 0) is 6.42 Å². The Morgan fingerprint density at radius 3 is 2.90 bits per heavy atom. The molecule has 1 unspecified atom stereocenters. The van der Waals surface area contributed by atoms with Crippen LogP contribution < -0.4 is 10.1 Å². The van der Waals surface area contributed by atoms with Gasteiger partial charge in [-0.15, -0.1) is 0 Å². The number of anilines is 1. The molecule has 3 rings (SSSR count). The summed E-state index contributed by atoms with van der Waals surface area (Å²) in [6.45, 7) is 2.00. The van der Waals surface area contributed by atoms with Crippen LogP contribution in [0.2, 0.25) is 0 Å². The molecule has 1 aromatic carbocycles. The van der Waals surface area contributed by atoms with Gasteiger partial charge >= 0.3 is 0 Å². The molecule has 0 saturated carbocycles. The number of aromatic nitrogens is 1. The third-order valence-corrected chi connectivity index (χ3v) is 3.92. The number of rotatable bonds is 3. The van der Waals surface area contributed by atoms with Gasteiger partial charge in [0.15, 0.2) is 0 Å². The highest BCUT2D eigenvalue weighted by Gasteiger charge is 2.20. The van der Waals surface area contributed by atoms with E-state index in [0.29, 0.717) is 6.04 Å². The van der Waals surface area contributed by atoms with E-state index in [4.69, 9.17) is 4.74 Å². The van der Waals surface area contributed by atoms with E-state index in [0.717, 1.165) is 30.0 Å². The number of hydrogen-bond acceptors (Lipinski definition) is 3. The maximum atomic E-state index is 5.35. The van der Waals surface area contributed by atoms with Crippen molar-refractivity contribution in [3.63, 3.8) is 0 Å². The van der Waals surface area contributed by atoms with E-state index in [-0.39, 0.29) is 0 Å². The maximum Gasteiger partial charge on any atom is 0.119 e. The number of benzene rings is 1. The van der Waals surface area contributed by atoms with Crippen LogP contribution in [0.25, 0.3) is 0 Å². The van der Waals surface area contributed by atoms with Gasteiger partial charge in [-0.25, -0.2) is 0 Å². The summed E-state index contributed by atoms with van der Waals surface area (Å²) in [6, 6.07) is 10.9. The number of hydrogen-bond donors (Lipinski definition) is 1. The van der Waals surface area contributed by atoms with Gasteiger partial charge in [-0.2, -0.15) is 0 Å². The Hall–Kier alpha value is -2.03. The molecule has 1 aliphatic carbocycles. The minimum absolute atomic E-state index is 0.346. The van der Waals surface area contributed by atoms with E-state index in [2.05, 4.69) is 34.6 Å². The van der Waals surface area contributed by atoms with Crippen LogP contribution in [0, 0.1) is 6.92 Å². The van der Waals surface area contributed by atoms with Crippen LogP contribution in [0.15, 0.2) is 36.5 Å². The first-order chi connectivity index (χ1) is 9.76. The number of methoxy groups -OCH3 is 1. The zero-order chi connectivity index (χ0) is 13.9. The molecule has 104 valence electrons. The van der Waals surface area contributed by atoms with Crippen molar-refractivity contribution in [2.24, 2.45) is 0 Å². The average Bonchev–Trinajstić information content (AvgIpc) is 2.49. The Morgan fingerprint density at radius 1 is 1.25 bits per heavy atom. The number of fused-ring (bicyclic) bond motifs is 1.